The number of benzene rings is 1. The minimum absolute atomic E-state index is 0.232. The maximum Gasteiger partial charge on any atom is 0.330 e. The van der Waals surface area contributed by atoms with Gasteiger partial charge in [-0.25, -0.2) is 9.78 Å². The summed E-state index contributed by atoms with van der Waals surface area (Å²) in [6.45, 7) is 0.753. The van der Waals surface area contributed by atoms with Gasteiger partial charge in [-0.3, -0.25) is 23.9 Å². The number of hydrogen-bond donors (Lipinski definition) is 2. The lowest BCUT2D eigenvalue weighted by Gasteiger charge is -2.32. The average molecular weight is 417 g/mol. The Bertz CT molecular complexity index is 1490. The maximum absolute atomic E-state index is 13.1. The third kappa shape index (κ3) is 3.24. The van der Waals surface area contributed by atoms with Crippen molar-refractivity contribution in [3.05, 3.63) is 85.4 Å². The monoisotopic (exact) mass is 417 g/mol. The van der Waals surface area contributed by atoms with Crippen LogP contribution in [0.1, 0.15) is 29.2 Å². The molecule has 0 saturated carbocycles. The Balaban J connectivity index is 1.42. The van der Waals surface area contributed by atoms with Crippen LogP contribution in [0.2, 0.25) is 0 Å². The number of amides is 1. The van der Waals surface area contributed by atoms with E-state index in [9.17, 15) is 19.2 Å². The number of nitrogens with one attached hydrogen (secondary N) is 2. The van der Waals surface area contributed by atoms with E-state index in [4.69, 9.17) is 0 Å². The molecule has 0 unspecified atom stereocenters. The zero-order chi connectivity index (χ0) is 21.5. The van der Waals surface area contributed by atoms with Gasteiger partial charge < -0.3 is 9.88 Å². The molecule has 1 fully saturated rings. The first-order valence-corrected chi connectivity index (χ1v) is 10.0. The summed E-state index contributed by atoms with van der Waals surface area (Å²) in [5.41, 5.74) is 0.0156. The molecule has 5 rings (SSSR count). The average Bonchev–Trinajstić information content (AvgIpc) is 2.78. The van der Waals surface area contributed by atoms with Gasteiger partial charge in [0, 0.05) is 42.3 Å². The van der Waals surface area contributed by atoms with Crippen molar-refractivity contribution >= 4 is 27.8 Å². The number of pyridine rings is 2. The molecule has 1 aromatic carbocycles. The quantitative estimate of drug-likeness (QED) is 0.511. The standard InChI is InChI=1S/C22H19N5O4/c28-18-12-16(14-4-1-2-6-17(14)24-18)20(29)26-10-7-13(8-11-26)27-21(30)15-5-3-9-23-19(15)25-22(27)31/h1-6,9,12-13H,7-8,10-11H2,(H,24,28)(H,23,25,31). The lowest BCUT2D eigenvalue weighted by Crippen LogP contribution is -2.45. The maximum atomic E-state index is 13.1. The number of carbonyl (C=O) groups excluding carboxylic acids is 1. The molecule has 3 aromatic heterocycles. The minimum atomic E-state index is -0.499. The molecule has 156 valence electrons. The lowest BCUT2D eigenvalue weighted by molar-refractivity contribution is 0.0694. The Labute approximate surface area is 175 Å². The highest BCUT2D eigenvalue weighted by atomic mass is 16.2. The number of hydrogen-bond acceptors (Lipinski definition) is 5. The van der Waals surface area contributed by atoms with E-state index in [2.05, 4.69) is 15.0 Å². The molecule has 1 aliphatic heterocycles. The fourth-order valence-corrected chi connectivity index (χ4v) is 4.27. The predicted octanol–water partition coefficient (Wildman–Crippen LogP) is 1.40. The van der Waals surface area contributed by atoms with E-state index in [-0.39, 0.29) is 28.7 Å². The van der Waals surface area contributed by atoms with Crippen LogP contribution in [-0.4, -0.2) is 43.4 Å². The number of aromatic nitrogens is 4. The number of likely N-dealkylation sites (tertiary alicyclic amines) is 1. The van der Waals surface area contributed by atoms with Gasteiger partial charge in [-0.15, -0.1) is 0 Å². The molecule has 0 atom stereocenters. The van der Waals surface area contributed by atoms with Crippen molar-refractivity contribution in [1.29, 1.82) is 0 Å². The molecular weight excluding hydrogens is 398 g/mol. The molecule has 0 radical (unpaired) electrons. The van der Waals surface area contributed by atoms with Crippen molar-refractivity contribution in [3.8, 4) is 0 Å². The second kappa shape index (κ2) is 7.35. The molecular formula is C22H19N5O4. The summed E-state index contributed by atoms with van der Waals surface area (Å²) >= 11 is 0. The van der Waals surface area contributed by atoms with Crippen molar-refractivity contribution in [2.24, 2.45) is 0 Å². The normalized spacial score (nSPS) is 14.9. The van der Waals surface area contributed by atoms with Crippen LogP contribution in [0, 0.1) is 0 Å². The van der Waals surface area contributed by atoms with Gasteiger partial charge in [0.25, 0.3) is 11.5 Å². The predicted molar refractivity (Wildman–Crippen MR) is 115 cm³/mol. The Hall–Kier alpha value is -4.01. The summed E-state index contributed by atoms with van der Waals surface area (Å²) in [5, 5.41) is 1.04. The summed E-state index contributed by atoms with van der Waals surface area (Å²) in [5.74, 6) is -0.232. The van der Waals surface area contributed by atoms with Crippen molar-refractivity contribution in [1.82, 2.24) is 24.4 Å². The van der Waals surface area contributed by atoms with Crippen LogP contribution in [0.4, 0.5) is 0 Å². The molecule has 31 heavy (non-hydrogen) atoms. The SMILES string of the molecule is O=C(c1cc(=O)[nH]c2ccccc12)N1CCC(n2c(=O)[nH]c3ncccc3c2=O)CC1. The minimum Gasteiger partial charge on any atom is -0.338 e. The summed E-state index contributed by atoms with van der Waals surface area (Å²) in [6.07, 6.45) is 2.44. The number of H-pyrrole nitrogens is 2. The van der Waals surface area contributed by atoms with Gasteiger partial charge in [0.05, 0.1) is 10.9 Å². The molecule has 4 heterocycles. The molecule has 0 spiro atoms. The van der Waals surface area contributed by atoms with E-state index >= 15 is 0 Å². The van der Waals surface area contributed by atoms with Gasteiger partial charge in [0.2, 0.25) is 5.56 Å². The molecule has 1 aliphatic rings. The van der Waals surface area contributed by atoms with E-state index in [1.165, 1.54) is 16.8 Å². The fourth-order valence-electron chi connectivity index (χ4n) is 4.27. The van der Waals surface area contributed by atoms with Crippen molar-refractivity contribution in [3.63, 3.8) is 0 Å². The summed E-state index contributed by atoms with van der Waals surface area (Å²) in [6, 6.07) is 11.5. The Morgan fingerprint density at radius 2 is 1.71 bits per heavy atom. The smallest absolute Gasteiger partial charge is 0.330 e. The van der Waals surface area contributed by atoms with Crippen LogP contribution in [0.5, 0.6) is 0 Å². The van der Waals surface area contributed by atoms with Crippen LogP contribution in [0.15, 0.2) is 63.0 Å². The Kier molecular flexibility index (Phi) is 4.50. The zero-order valence-corrected chi connectivity index (χ0v) is 16.5. The first-order chi connectivity index (χ1) is 15.0. The van der Waals surface area contributed by atoms with Crippen molar-refractivity contribution in [2.45, 2.75) is 18.9 Å². The molecule has 9 nitrogen and oxygen atoms in total. The zero-order valence-electron chi connectivity index (χ0n) is 16.5. The number of carbonyl (C=O) groups is 1. The molecule has 1 saturated heterocycles. The van der Waals surface area contributed by atoms with Gasteiger partial charge in [-0.2, -0.15) is 0 Å². The first-order valence-electron chi connectivity index (χ1n) is 10.0. The van der Waals surface area contributed by atoms with Crippen molar-refractivity contribution < 1.29 is 4.79 Å². The highest BCUT2D eigenvalue weighted by Gasteiger charge is 2.28. The molecule has 1 amide bonds. The van der Waals surface area contributed by atoms with Gasteiger partial charge in [0.15, 0.2) is 0 Å². The molecule has 4 aromatic rings. The van der Waals surface area contributed by atoms with Crippen LogP contribution in [0.3, 0.4) is 0 Å². The number of nitrogens with zero attached hydrogens (tertiary/aromatic N) is 3. The first kappa shape index (κ1) is 19.0. The van der Waals surface area contributed by atoms with E-state index in [0.717, 1.165) is 0 Å². The number of rotatable bonds is 2. The fraction of sp³-hybridized carbons (Fsp3) is 0.227. The van der Waals surface area contributed by atoms with Gasteiger partial charge in [0.1, 0.15) is 5.65 Å². The van der Waals surface area contributed by atoms with E-state index in [1.54, 1.807) is 35.2 Å². The van der Waals surface area contributed by atoms with Crippen LogP contribution >= 0.6 is 0 Å². The molecule has 9 heteroatoms. The Morgan fingerprint density at radius 1 is 0.968 bits per heavy atom. The van der Waals surface area contributed by atoms with Crippen molar-refractivity contribution in [2.75, 3.05) is 13.1 Å². The summed E-state index contributed by atoms with van der Waals surface area (Å²) < 4.78 is 1.23. The number of fused-ring (bicyclic) bond motifs is 2. The number of aromatic amines is 2. The van der Waals surface area contributed by atoms with E-state index in [1.807, 2.05) is 6.07 Å². The second-order valence-electron chi connectivity index (χ2n) is 7.62. The summed E-state index contributed by atoms with van der Waals surface area (Å²) in [4.78, 5) is 61.6. The molecule has 0 bridgehead atoms. The summed E-state index contributed by atoms with van der Waals surface area (Å²) in [7, 11) is 0. The largest absolute Gasteiger partial charge is 0.338 e. The van der Waals surface area contributed by atoms with Crippen LogP contribution in [-0.2, 0) is 0 Å². The topological polar surface area (TPSA) is 121 Å². The molecule has 0 aliphatic carbocycles. The second-order valence-corrected chi connectivity index (χ2v) is 7.62. The van der Waals surface area contributed by atoms with E-state index in [0.29, 0.717) is 47.8 Å². The van der Waals surface area contributed by atoms with Crippen LogP contribution < -0.4 is 16.8 Å². The highest BCUT2D eigenvalue weighted by Crippen LogP contribution is 2.23. The number of piperidine rings is 1. The lowest BCUT2D eigenvalue weighted by atomic mass is 10.0. The number of para-hydroxylation sites is 1. The third-order valence-electron chi connectivity index (χ3n) is 5.80. The molecule has 2 N–H and O–H groups in total. The van der Waals surface area contributed by atoms with E-state index < -0.39 is 5.69 Å². The van der Waals surface area contributed by atoms with Gasteiger partial charge in [-0.05, 0) is 31.0 Å². The van der Waals surface area contributed by atoms with Gasteiger partial charge in [-0.1, -0.05) is 18.2 Å². The Morgan fingerprint density at radius 3 is 2.52 bits per heavy atom. The van der Waals surface area contributed by atoms with Gasteiger partial charge >= 0.3 is 5.69 Å². The van der Waals surface area contributed by atoms with Crippen LogP contribution in [0.25, 0.3) is 21.9 Å². The highest BCUT2D eigenvalue weighted by molar-refractivity contribution is 6.05. The third-order valence-corrected chi connectivity index (χ3v) is 5.80.